The van der Waals surface area contributed by atoms with Gasteiger partial charge in [0, 0.05) is 19.6 Å². The molecule has 290 valence electrons. The van der Waals surface area contributed by atoms with Crippen LogP contribution in [0.2, 0.25) is 0 Å². The van der Waals surface area contributed by atoms with Crippen molar-refractivity contribution in [1.29, 1.82) is 0 Å². The molecule has 0 spiro atoms. The van der Waals surface area contributed by atoms with Gasteiger partial charge >= 0.3 is 13.7 Å². The minimum atomic E-state index is -3.54. The zero-order valence-electron chi connectivity index (χ0n) is 32.6. The van der Waals surface area contributed by atoms with Gasteiger partial charge < -0.3 is 33.7 Å². The Morgan fingerprint density at radius 2 is 1.56 bits per heavy atom. The van der Waals surface area contributed by atoms with Crippen molar-refractivity contribution in [3.8, 4) is 0 Å². The first-order chi connectivity index (χ1) is 23.8. The fraction of sp³-hybridized carbons (Fsp3) is 0.925. The summed E-state index contributed by atoms with van der Waals surface area (Å²) in [6.07, 6.45) is 16.9. The molecule has 0 bridgehead atoms. The fourth-order valence-corrected chi connectivity index (χ4v) is 10.9. The maximum atomic E-state index is 12.6. The molecular weight excluding hydrogens is 653 g/mol. The summed E-state index contributed by atoms with van der Waals surface area (Å²) in [5.74, 6) is 4.99. The molecule has 0 aromatic heterocycles. The standard InChI is InChI=1S/C40H72NO8P/c1-29(2)10-8-11-31(5)35-14-15-36-34-13-12-32-28-33(16-18-39(32,6)37(34)17-19-40(35,36)7)49-38(42)41-20-9-21-45-22-23-46-24-25-47-26-27-48-50(43,44)30(3)4/h12,29-31,33-37H,8-11,13-28H2,1-7H3,(H,41,42)(H,43,44)/t31-,33+,34?,35?,36?,37?,39+,40-/m1/s1. The summed E-state index contributed by atoms with van der Waals surface area (Å²) in [5, 5.41) is 2.92. The second kappa shape index (κ2) is 19.4. The maximum Gasteiger partial charge on any atom is 0.407 e. The topological polar surface area (TPSA) is 113 Å². The van der Waals surface area contributed by atoms with Crippen LogP contribution < -0.4 is 5.32 Å². The van der Waals surface area contributed by atoms with Gasteiger partial charge in [0.05, 0.1) is 45.3 Å². The Balaban J connectivity index is 1.07. The zero-order valence-corrected chi connectivity index (χ0v) is 33.5. The lowest BCUT2D eigenvalue weighted by atomic mass is 9.47. The summed E-state index contributed by atoms with van der Waals surface area (Å²) in [4.78, 5) is 22.3. The molecule has 4 aliphatic carbocycles. The van der Waals surface area contributed by atoms with Crippen molar-refractivity contribution in [1.82, 2.24) is 5.32 Å². The van der Waals surface area contributed by atoms with E-state index < -0.39 is 13.3 Å². The van der Waals surface area contributed by atoms with E-state index in [-0.39, 0.29) is 30.8 Å². The Kier molecular flexibility index (Phi) is 16.2. The molecule has 50 heavy (non-hydrogen) atoms. The smallest absolute Gasteiger partial charge is 0.407 e. The average Bonchev–Trinajstić information content (AvgIpc) is 3.42. The van der Waals surface area contributed by atoms with Crippen LogP contribution in [0.4, 0.5) is 4.79 Å². The highest BCUT2D eigenvalue weighted by Crippen LogP contribution is 2.67. The number of fused-ring (bicyclic) bond motifs is 5. The summed E-state index contributed by atoms with van der Waals surface area (Å²) < 4.78 is 39.1. The van der Waals surface area contributed by atoms with Crippen LogP contribution in [0, 0.1) is 46.3 Å². The number of ether oxygens (including phenoxy) is 4. The quantitative estimate of drug-likeness (QED) is 0.0685. The molecule has 9 nitrogen and oxygen atoms in total. The normalized spacial score (nSPS) is 32.5. The summed E-state index contributed by atoms with van der Waals surface area (Å²) in [6.45, 7) is 18.9. The number of carbonyl (C=O) groups is 1. The molecule has 4 rings (SSSR count). The second-order valence-electron chi connectivity index (χ2n) is 17.2. The number of alkyl carbamates (subject to hydrolysis) is 1. The van der Waals surface area contributed by atoms with Gasteiger partial charge in [-0.15, -0.1) is 0 Å². The van der Waals surface area contributed by atoms with Crippen molar-refractivity contribution in [3.05, 3.63) is 11.6 Å². The van der Waals surface area contributed by atoms with E-state index >= 15 is 0 Å². The number of allylic oxidation sites excluding steroid dienone is 1. The highest BCUT2D eigenvalue weighted by Gasteiger charge is 2.59. The molecular formula is C40H72NO8P. The Morgan fingerprint density at radius 3 is 2.24 bits per heavy atom. The SMILES string of the molecule is CC(C)CCC[C@@H](C)C1CCC2C3CC=C4C[C@@H](OC(=O)NCCCOCCOCCOCCOP(=O)(O)C(C)C)CC[C@]4(C)C3CC[C@@]21C. The van der Waals surface area contributed by atoms with Crippen LogP contribution in [-0.2, 0) is 28.0 Å². The van der Waals surface area contributed by atoms with Gasteiger partial charge in [-0.1, -0.05) is 79.4 Å². The lowest BCUT2D eigenvalue weighted by molar-refractivity contribution is -0.0581. The molecule has 3 fully saturated rings. The van der Waals surface area contributed by atoms with Gasteiger partial charge in [0.1, 0.15) is 6.10 Å². The van der Waals surface area contributed by atoms with Crippen molar-refractivity contribution >= 4 is 13.7 Å². The van der Waals surface area contributed by atoms with Crippen molar-refractivity contribution in [2.24, 2.45) is 46.3 Å². The van der Waals surface area contributed by atoms with Crippen molar-refractivity contribution in [2.45, 2.75) is 137 Å². The predicted octanol–water partition coefficient (Wildman–Crippen LogP) is 9.17. The van der Waals surface area contributed by atoms with E-state index in [0.29, 0.717) is 51.4 Å². The third-order valence-corrected chi connectivity index (χ3v) is 15.0. The summed E-state index contributed by atoms with van der Waals surface area (Å²) in [5.41, 5.74) is 1.89. The third kappa shape index (κ3) is 11.0. The average molecular weight is 726 g/mol. The van der Waals surface area contributed by atoms with Gasteiger partial charge in [-0.2, -0.15) is 0 Å². The van der Waals surface area contributed by atoms with Crippen LogP contribution >= 0.6 is 7.60 Å². The van der Waals surface area contributed by atoms with Crippen molar-refractivity contribution in [2.75, 3.05) is 52.8 Å². The molecule has 0 saturated heterocycles. The van der Waals surface area contributed by atoms with Crippen molar-refractivity contribution in [3.63, 3.8) is 0 Å². The molecule has 10 heteroatoms. The van der Waals surface area contributed by atoms with Gasteiger partial charge in [-0.3, -0.25) is 4.57 Å². The summed E-state index contributed by atoms with van der Waals surface area (Å²) in [6, 6.07) is 0. The Bertz CT molecular complexity index is 1130. The van der Waals surface area contributed by atoms with E-state index in [4.69, 9.17) is 23.5 Å². The van der Waals surface area contributed by atoms with Crippen LogP contribution in [0.25, 0.3) is 0 Å². The number of amides is 1. The van der Waals surface area contributed by atoms with Crippen molar-refractivity contribution < 1.29 is 37.7 Å². The molecule has 0 radical (unpaired) electrons. The highest BCUT2D eigenvalue weighted by molar-refractivity contribution is 7.53. The first-order valence-electron chi connectivity index (χ1n) is 20.1. The first kappa shape index (κ1) is 41.8. The van der Waals surface area contributed by atoms with Gasteiger partial charge in [0.15, 0.2) is 0 Å². The van der Waals surface area contributed by atoms with Gasteiger partial charge in [0.25, 0.3) is 0 Å². The van der Waals surface area contributed by atoms with Crippen LogP contribution in [0.5, 0.6) is 0 Å². The first-order valence-corrected chi connectivity index (χ1v) is 21.8. The Labute approximate surface area is 304 Å². The minimum Gasteiger partial charge on any atom is -0.446 e. The Morgan fingerprint density at radius 1 is 0.880 bits per heavy atom. The molecule has 3 saturated carbocycles. The minimum absolute atomic E-state index is 0.0383. The van der Waals surface area contributed by atoms with E-state index in [2.05, 4.69) is 46.0 Å². The number of nitrogens with one attached hydrogen (secondary N) is 1. The van der Waals surface area contributed by atoms with Crippen LogP contribution in [0.15, 0.2) is 11.6 Å². The van der Waals surface area contributed by atoms with Crippen LogP contribution in [0.1, 0.15) is 126 Å². The molecule has 2 N–H and O–H groups in total. The number of rotatable bonds is 21. The van der Waals surface area contributed by atoms with Gasteiger partial charge in [-0.05, 0) is 97.7 Å². The number of hydrogen-bond acceptors (Lipinski definition) is 7. The molecule has 1 amide bonds. The summed E-state index contributed by atoms with van der Waals surface area (Å²) in [7, 11) is -3.54. The third-order valence-electron chi connectivity index (χ3n) is 13.2. The molecule has 0 aromatic carbocycles. The van der Waals surface area contributed by atoms with E-state index in [9.17, 15) is 14.3 Å². The lowest BCUT2D eigenvalue weighted by Crippen LogP contribution is -2.51. The molecule has 5 unspecified atom stereocenters. The van der Waals surface area contributed by atoms with E-state index in [1.807, 2.05) is 0 Å². The van der Waals surface area contributed by atoms with Gasteiger partial charge in [-0.25, -0.2) is 4.79 Å². The Hall–Kier alpha value is -0.960. The maximum absolute atomic E-state index is 12.6. The molecule has 4 aliphatic rings. The molecule has 0 aromatic rings. The lowest BCUT2D eigenvalue weighted by Gasteiger charge is -2.58. The molecule has 0 aliphatic heterocycles. The van der Waals surface area contributed by atoms with E-state index in [1.165, 1.54) is 51.4 Å². The molecule has 0 heterocycles. The number of carbonyl (C=O) groups excluding carboxylic acids is 1. The molecule has 9 atom stereocenters. The van der Waals surface area contributed by atoms with Crippen LogP contribution in [0.3, 0.4) is 0 Å². The second-order valence-corrected chi connectivity index (χ2v) is 19.6. The van der Waals surface area contributed by atoms with Gasteiger partial charge in [0.2, 0.25) is 0 Å². The van der Waals surface area contributed by atoms with Crippen LogP contribution in [-0.4, -0.2) is 75.5 Å². The predicted molar refractivity (Wildman–Crippen MR) is 199 cm³/mol. The summed E-state index contributed by atoms with van der Waals surface area (Å²) >= 11 is 0. The fourth-order valence-electron chi connectivity index (χ4n) is 10.2. The van der Waals surface area contributed by atoms with E-state index in [1.54, 1.807) is 19.4 Å². The zero-order chi connectivity index (χ0) is 36.4. The number of hydrogen-bond donors (Lipinski definition) is 2. The van der Waals surface area contributed by atoms with E-state index in [0.717, 1.165) is 54.8 Å². The highest BCUT2D eigenvalue weighted by atomic mass is 31.2. The monoisotopic (exact) mass is 725 g/mol. The largest absolute Gasteiger partial charge is 0.446 e.